The van der Waals surface area contributed by atoms with E-state index in [-0.39, 0.29) is 16.7 Å². The Balaban J connectivity index is 1.55. The highest BCUT2D eigenvalue weighted by atomic mass is 33.1. The Labute approximate surface area is 228 Å². The van der Waals surface area contributed by atoms with Crippen LogP contribution in [0.25, 0.3) is 0 Å². The van der Waals surface area contributed by atoms with Crippen LogP contribution in [0.1, 0.15) is 60.7 Å². The number of hydrogen-bond acceptors (Lipinski definition) is 10. The van der Waals surface area contributed by atoms with Crippen molar-refractivity contribution in [2.45, 2.75) is 61.1 Å². The Bertz CT molecular complexity index is 1270. The first kappa shape index (κ1) is 29.6. The monoisotopic (exact) mass is 581 g/mol. The van der Waals surface area contributed by atoms with E-state index in [1.807, 2.05) is 44.2 Å². The van der Waals surface area contributed by atoms with Crippen molar-refractivity contribution in [3.63, 3.8) is 0 Å². The third-order valence-corrected chi connectivity index (χ3v) is 9.38. The van der Waals surface area contributed by atoms with Gasteiger partial charge in [0.25, 0.3) is 27.8 Å². The van der Waals surface area contributed by atoms with Gasteiger partial charge in [0.2, 0.25) is 0 Å². The lowest BCUT2D eigenvalue weighted by atomic mass is 10.1. The molecule has 3 unspecified atom stereocenters. The lowest BCUT2D eigenvalue weighted by Gasteiger charge is -2.19. The summed E-state index contributed by atoms with van der Waals surface area (Å²) in [4.78, 5) is 58.3. The van der Waals surface area contributed by atoms with E-state index >= 15 is 0 Å². The highest BCUT2D eigenvalue weighted by Crippen LogP contribution is 2.41. The second-order valence-corrected chi connectivity index (χ2v) is 12.6. The Hall–Kier alpha value is -2.94. The van der Waals surface area contributed by atoms with Crippen LogP contribution < -0.4 is 5.32 Å². The summed E-state index contributed by atoms with van der Waals surface area (Å²) in [7, 11) is -1.62. The SMILES string of the molecule is CCCC(CC(=O)ON1C(=O)CC(S(=O)(=O)O)C1=O)NC(=O)c1ccc(C(C)SSc2ccccn2)cc1. The number of hydroxylamine groups is 2. The number of carbonyl (C=O) groups is 4. The minimum atomic E-state index is -4.82. The number of nitrogens with zero attached hydrogens (tertiary/aromatic N) is 2. The summed E-state index contributed by atoms with van der Waals surface area (Å²) in [5.74, 6) is -3.82. The molecule has 3 amide bonds. The van der Waals surface area contributed by atoms with Gasteiger partial charge in [-0.1, -0.05) is 42.3 Å². The van der Waals surface area contributed by atoms with Crippen molar-refractivity contribution in [3.8, 4) is 0 Å². The lowest BCUT2D eigenvalue weighted by molar-refractivity contribution is -0.197. The number of nitrogens with one attached hydrogen (secondary N) is 1. The van der Waals surface area contributed by atoms with E-state index in [2.05, 4.69) is 10.3 Å². The maximum Gasteiger partial charge on any atom is 0.335 e. The molecule has 3 atom stereocenters. The fourth-order valence-corrected chi connectivity index (χ4v) is 6.38. The highest BCUT2D eigenvalue weighted by Gasteiger charge is 2.48. The number of rotatable bonds is 12. The van der Waals surface area contributed by atoms with Crippen molar-refractivity contribution < 1.29 is 37.0 Å². The summed E-state index contributed by atoms with van der Waals surface area (Å²) in [5, 5.41) is 1.84. The van der Waals surface area contributed by atoms with Crippen molar-refractivity contribution in [2.75, 3.05) is 0 Å². The van der Waals surface area contributed by atoms with Gasteiger partial charge in [-0.15, -0.1) is 5.06 Å². The molecular weight excluding hydrogens is 554 g/mol. The van der Waals surface area contributed by atoms with Crippen LogP contribution in [0, 0.1) is 0 Å². The molecule has 1 aromatic carbocycles. The van der Waals surface area contributed by atoms with Gasteiger partial charge in [-0.2, -0.15) is 8.42 Å². The van der Waals surface area contributed by atoms with Gasteiger partial charge in [0.1, 0.15) is 5.03 Å². The lowest BCUT2D eigenvalue weighted by Crippen LogP contribution is -2.40. The van der Waals surface area contributed by atoms with Gasteiger partial charge in [0.05, 0.1) is 12.8 Å². The summed E-state index contributed by atoms with van der Waals surface area (Å²) >= 11 is 0. The number of benzene rings is 1. The Morgan fingerprint density at radius 2 is 1.92 bits per heavy atom. The number of pyridine rings is 1. The van der Waals surface area contributed by atoms with Crippen molar-refractivity contribution in [1.29, 1.82) is 0 Å². The van der Waals surface area contributed by atoms with Crippen molar-refractivity contribution in [3.05, 3.63) is 59.8 Å². The van der Waals surface area contributed by atoms with Crippen molar-refractivity contribution >= 4 is 55.4 Å². The predicted octanol–water partition coefficient (Wildman–Crippen LogP) is 3.35. The summed E-state index contributed by atoms with van der Waals surface area (Å²) < 4.78 is 31.6. The first-order valence-electron chi connectivity index (χ1n) is 11.7. The van der Waals surface area contributed by atoms with E-state index in [9.17, 15) is 27.6 Å². The van der Waals surface area contributed by atoms with Gasteiger partial charge in [-0.25, -0.2) is 9.78 Å². The molecule has 0 aliphatic carbocycles. The molecule has 2 aromatic rings. The van der Waals surface area contributed by atoms with Gasteiger partial charge >= 0.3 is 5.97 Å². The van der Waals surface area contributed by atoms with E-state index in [4.69, 9.17) is 9.39 Å². The molecule has 0 saturated carbocycles. The number of aromatic nitrogens is 1. The van der Waals surface area contributed by atoms with Gasteiger partial charge in [-0.3, -0.25) is 18.9 Å². The molecule has 1 aliphatic heterocycles. The Morgan fingerprint density at radius 1 is 1.21 bits per heavy atom. The summed E-state index contributed by atoms with van der Waals surface area (Å²) in [5.41, 5.74) is 1.41. The molecule has 11 nitrogen and oxygen atoms in total. The second-order valence-electron chi connectivity index (χ2n) is 8.47. The van der Waals surface area contributed by atoms with Crippen LogP contribution in [0.5, 0.6) is 0 Å². The molecule has 204 valence electrons. The molecule has 0 radical (unpaired) electrons. The summed E-state index contributed by atoms with van der Waals surface area (Å²) in [6.07, 6.45) is 1.58. The maximum atomic E-state index is 12.8. The van der Waals surface area contributed by atoms with Gasteiger partial charge in [0.15, 0.2) is 5.25 Å². The smallest absolute Gasteiger partial charge is 0.335 e. The number of carbonyl (C=O) groups excluding carboxylic acids is 4. The summed E-state index contributed by atoms with van der Waals surface area (Å²) in [6.45, 7) is 3.90. The number of hydrogen-bond donors (Lipinski definition) is 2. The van der Waals surface area contributed by atoms with Crippen molar-refractivity contribution in [1.82, 2.24) is 15.4 Å². The molecule has 0 spiro atoms. The van der Waals surface area contributed by atoms with Crippen LogP contribution in [0.3, 0.4) is 0 Å². The first-order valence-corrected chi connectivity index (χ1v) is 15.4. The van der Waals surface area contributed by atoms with E-state index in [1.54, 1.807) is 39.9 Å². The maximum absolute atomic E-state index is 12.8. The van der Waals surface area contributed by atoms with Crippen molar-refractivity contribution in [2.24, 2.45) is 0 Å². The normalized spacial score (nSPS) is 17.2. The standard InChI is InChI=1S/C24H27N3O8S3/c1-3-6-18(13-22(29)35-27-21(28)14-19(24(27)31)38(32,33)34)26-23(30)17-10-8-16(9-11-17)15(2)36-37-20-7-4-5-12-25-20/h4-5,7-12,15,18-19H,3,6,13-14H2,1-2H3,(H,26,30)(H,32,33,34). The number of imide groups is 1. The van der Waals surface area contributed by atoms with Crippen LogP contribution in [0.4, 0.5) is 0 Å². The third-order valence-electron chi connectivity index (χ3n) is 5.56. The zero-order chi connectivity index (χ0) is 27.9. The second kappa shape index (κ2) is 13.2. The third kappa shape index (κ3) is 8.03. The quantitative estimate of drug-likeness (QED) is 0.215. The van der Waals surface area contributed by atoms with E-state index < -0.39 is 51.5 Å². The Morgan fingerprint density at radius 3 is 2.50 bits per heavy atom. The molecular formula is C24H27N3O8S3. The average molecular weight is 582 g/mol. The molecule has 2 N–H and O–H groups in total. The minimum Gasteiger partial charge on any atom is -0.349 e. The molecule has 1 aliphatic rings. The van der Waals surface area contributed by atoms with Gasteiger partial charge in [0, 0.05) is 23.1 Å². The highest BCUT2D eigenvalue weighted by molar-refractivity contribution is 8.76. The number of amides is 3. The van der Waals surface area contributed by atoms with E-state index in [1.165, 1.54) is 0 Å². The van der Waals surface area contributed by atoms with Gasteiger partial charge in [-0.05, 0) is 54.0 Å². The average Bonchev–Trinajstić information content (AvgIpc) is 3.16. The summed E-state index contributed by atoms with van der Waals surface area (Å²) in [6, 6.07) is 12.1. The molecule has 1 saturated heterocycles. The molecule has 38 heavy (non-hydrogen) atoms. The molecule has 1 fully saturated rings. The Kier molecular flexibility index (Phi) is 10.3. The largest absolute Gasteiger partial charge is 0.349 e. The zero-order valence-corrected chi connectivity index (χ0v) is 23.1. The molecule has 0 bridgehead atoms. The molecule has 2 heterocycles. The fourth-order valence-electron chi connectivity index (χ4n) is 3.57. The fraction of sp³-hybridized carbons (Fsp3) is 0.375. The van der Waals surface area contributed by atoms with E-state index in [0.29, 0.717) is 18.4 Å². The van der Waals surface area contributed by atoms with Gasteiger partial charge < -0.3 is 10.2 Å². The molecule has 14 heteroatoms. The first-order chi connectivity index (χ1) is 18.0. The van der Waals surface area contributed by atoms with Crippen LogP contribution in [0.15, 0.2) is 53.7 Å². The molecule has 3 rings (SSSR count). The minimum absolute atomic E-state index is 0.0512. The molecule has 1 aromatic heterocycles. The topological polar surface area (TPSA) is 160 Å². The van der Waals surface area contributed by atoms with Crippen LogP contribution in [0.2, 0.25) is 0 Å². The predicted molar refractivity (Wildman–Crippen MR) is 141 cm³/mol. The zero-order valence-electron chi connectivity index (χ0n) is 20.6. The van der Waals surface area contributed by atoms with Crippen LogP contribution >= 0.6 is 21.6 Å². The van der Waals surface area contributed by atoms with Crippen LogP contribution in [-0.4, -0.2) is 58.0 Å². The van der Waals surface area contributed by atoms with E-state index in [0.717, 1.165) is 10.6 Å². The van der Waals surface area contributed by atoms with Crippen LogP contribution in [-0.2, 0) is 29.3 Å².